The Bertz CT molecular complexity index is 738. The Kier molecular flexibility index (Phi) is 7.10. The second-order valence-corrected chi connectivity index (χ2v) is 6.03. The molecule has 1 aromatic rings. The molecule has 1 atom stereocenters. The zero-order valence-electron chi connectivity index (χ0n) is 15.0. The van der Waals surface area contributed by atoms with Crippen molar-refractivity contribution < 1.29 is 27.4 Å². The van der Waals surface area contributed by atoms with Gasteiger partial charge in [0.25, 0.3) is 5.91 Å². The average Bonchev–Trinajstić information content (AvgIpc) is 2.78. The molecule has 0 radical (unpaired) electrons. The summed E-state index contributed by atoms with van der Waals surface area (Å²) < 4.78 is 46.5. The third-order valence-electron chi connectivity index (χ3n) is 3.95. The molecule has 1 aliphatic rings. The lowest BCUT2D eigenvalue weighted by molar-refractivity contribution is -0.306. The normalized spacial score (nSPS) is 16.1. The Hall–Kier alpha value is -2.70. The number of alkyl halides is 3. The number of fused-ring (bicyclic) bond motifs is 1. The van der Waals surface area contributed by atoms with Crippen LogP contribution in [-0.2, 0) is 4.74 Å². The first-order valence-electron chi connectivity index (χ1n) is 8.59. The standard InChI is InChI=1S/C20H22F3NO3/c1-3-6-16(27-20(21,22)23)8-5-4-7-14(2)15-9-10-18-17(13-15)19(25)24-11-12-26-18/h3-4,6-7,9-10,13-14H,1,5,8,11-12H2,2H3,(H,24,25)/b7-4-,16-6+. The number of amides is 1. The van der Waals surface area contributed by atoms with Crippen LogP contribution in [0.2, 0.25) is 0 Å². The summed E-state index contributed by atoms with van der Waals surface area (Å²) in [6.45, 7) is 6.22. The molecule has 4 nitrogen and oxygen atoms in total. The van der Waals surface area contributed by atoms with Crippen LogP contribution in [0.15, 0.2) is 54.8 Å². The molecule has 1 unspecified atom stereocenters. The molecule has 0 saturated carbocycles. The van der Waals surface area contributed by atoms with Crippen LogP contribution in [0.25, 0.3) is 0 Å². The number of carbonyl (C=O) groups is 1. The van der Waals surface area contributed by atoms with Crippen molar-refractivity contribution in [3.05, 3.63) is 66.0 Å². The highest BCUT2D eigenvalue weighted by Gasteiger charge is 2.31. The topological polar surface area (TPSA) is 47.6 Å². The minimum Gasteiger partial charge on any atom is -0.491 e. The van der Waals surface area contributed by atoms with Gasteiger partial charge in [-0.05, 0) is 36.1 Å². The van der Waals surface area contributed by atoms with Crippen LogP contribution in [0.1, 0.15) is 41.6 Å². The quantitative estimate of drug-likeness (QED) is 0.417. The van der Waals surface area contributed by atoms with E-state index in [0.29, 0.717) is 30.9 Å². The fourth-order valence-corrected chi connectivity index (χ4v) is 2.64. The van der Waals surface area contributed by atoms with Gasteiger partial charge in [-0.25, -0.2) is 0 Å². The molecule has 0 fully saturated rings. The fraction of sp³-hybridized carbons (Fsp3) is 0.350. The van der Waals surface area contributed by atoms with E-state index < -0.39 is 6.36 Å². The van der Waals surface area contributed by atoms with E-state index in [1.165, 1.54) is 12.2 Å². The summed E-state index contributed by atoms with van der Waals surface area (Å²) in [7, 11) is 0. The summed E-state index contributed by atoms with van der Waals surface area (Å²) in [5.41, 5.74) is 1.40. The second-order valence-electron chi connectivity index (χ2n) is 6.03. The van der Waals surface area contributed by atoms with Crippen LogP contribution in [0, 0.1) is 0 Å². The predicted molar refractivity (Wildman–Crippen MR) is 96.5 cm³/mol. The number of halogens is 3. The maximum atomic E-state index is 12.3. The number of rotatable bonds is 7. The molecule has 1 N–H and O–H groups in total. The van der Waals surface area contributed by atoms with E-state index in [-0.39, 0.29) is 24.0 Å². The molecular formula is C20H22F3NO3. The van der Waals surface area contributed by atoms with Crippen molar-refractivity contribution in [1.29, 1.82) is 0 Å². The molecule has 0 aliphatic carbocycles. The van der Waals surface area contributed by atoms with E-state index in [2.05, 4.69) is 16.6 Å². The maximum Gasteiger partial charge on any atom is 0.572 e. The van der Waals surface area contributed by atoms with Crippen LogP contribution in [0.3, 0.4) is 0 Å². The molecule has 7 heteroatoms. The van der Waals surface area contributed by atoms with E-state index in [1.54, 1.807) is 18.2 Å². The van der Waals surface area contributed by atoms with E-state index >= 15 is 0 Å². The Morgan fingerprint density at radius 2 is 2.22 bits per heavy atom. The van der Waals surface area contributed by atoms with Gasteiger partial charge in [-0.3, -0.25) is 4.79 Å². The molecule has 1 aromatic carbocycles. The van der Waals surface area contributed by atoms with Crippen molar-refractivity contribution >= 4 is 5.91 Å². The molecule has 2 rings (SSSR count). The molecule has 146 valence electrons. The number of allylic oxidation sites excluding steroid dienone is 5. The monoisotopic (exact) mass is 381 g/mol. The number of ether oxygens (including phenoxy) is 2. The van der Waals surface area contributed by atoms with Crippen LogP contribution >= 0.6 is 0 Å². The summed E-state index contributed by atoms with van der Waals surface area (Å²) in [4.78, 5) is 12.1. The first-order chi connectivity index (χ1) is 12.8. The van der Waals surface area contributed by atoms with E-state index in [0.717, 1.165) is 5.56 Å². The van der Waals surface area contributed by atoms with Gasteiger partial charge in [0.05, 0.1) is 12.1 Å². The summed E-state index contributed by atoms with van der Waals surface area (Å²) in [6, 6.07) is 5.42. The predicted octanol–water partition coefficient (Wildman–Crippen LogP) is 4.86. The summed E-state index contributed by atoms with van der Waals surface area (Å²) in [5, 5.41) is 2.76. The maximum absolute atomic E-state index is 12.3. The molecule has 1 aliphatic heterocycles. The summed E-state index contributed by atoms with van der Waals surface area (Å²) >= 11 is 0. The van der Waals surface area contributed by atoms with Gasteiger partial charge in [-0.2, -0.15) is 0 Å². The molecule has 1 amide bonds. The lowest BCUT2D eigenvalue weighted by Gasteiger charge is -2.12. The molecular weight excluding hydrogens is 359 g/mol. The lowest BCUT2D eigenvalue weighted by Crippen LogP contribution is -2.24. The largest absolute Gasteiger partial charge is 0.572 e. The number of nitrogens with one attached hydrogen (secondary N) is 1. The summed E-state index contributed by atoms with van der Waals surface area (Å²) in [6.07, 6.45) is 1.92. The van der Waals surface area contributed by atoms with Crippen molar-refractivity contribution in [1.82, 2.24) is 5.32 Å². The Balaban J connectivity index is 1.98. The third kappa shape index (κ3) is 6.51. The van der Waals surface area contributed by atoms with Crippen LogP contribution < -0.4 is 10.1 Å². The molecule has 0 saturated heterocycles. The zero-order valence-corrected chi connectivity index (χ0v) is 15.0. The van der Waals surface area contributed by atoms with Gasteiger partial charge in [0.2, 0.25) is 0 Å². The minimum atomic E-state index is -4.71. The number of hydrogen-bond acceptors (Lipinski definition) is 3. The van der Waals surface area contributed by atoms with Crippen molar-refractivity contribution in [2.75, 3.05) is 13.2 Å². The molecule has 27 heavy (non-hydrogen) atoms. The van der Waals surface area contributed by atoms with Gasteiger partial charge in [-0.1, -0.05) is 37.8 Å². The lowest BCUT2D eigenvalue weighted by atomic mass is 9.97. The van der Waals surface area contributed by atoms with Crippen molar-refractivity contribution in [2.24, 2.45) is 0 Å². The number of benzene rings is 1. The minimum absolute atomic E-state index is 0.0123. The second kappa shape index (κ2) is 9.30. The Morgan fingerprint density at radius 1 is 1.44 bits per heavy atom. The molecule has 0 aromatic heterocycles. The van der Waals surface area contributed by atoms with Gasteiger partial charge in [0, 0.05) is 6.42 Å². The van der Waals surface area contributed by atoms with E-state index in [4.69, 9.17) is 4.74 Å². The van der Waals surface area contributed by atoms with Crippen LogP contribution in [0.4, 0.5) is 13.2 Å². The fourth-order valence-electron chi connectivity index (χ4n) is 2.64. The van der Waals surface area contributed by atoms with Gasteiger partial charge < -0.3 is 14.8 Å². The molecule has 0 spiro atoms. The Morgan fingerprint density at radius 3 is 2.93 bits per heavy atom. The first-order valence-corrected chi connectivity index (χ1v) is 8.59. The number of carbonyl (C=O) groups excluding carboxylic acids is 1. The van der Waals surface area contributed by atoms with Gasteiger partial charge in [0.15, 0.2) is 0 Å². The highest BCUT2D eigenvalue weighted by Crippen LogP contribution is 2.27. The van der Waals surface area contributed by atoms with Gasteiger partial charge >= 0.3 is 6.36 Å². The first kappa shape index (κ1) is 20.6. The molecule has 1 heterocycles. The van der Waals surface area contributed by atoms with Gasteiger partial charge in [-0.15, -0.1) is 13.2 Å². The zero-order chi connectivity index (χ0) is 19.9. The summed E-state index contributed by atoms with van der Waals surface area (Å²) in [5.74, 6) is 0.174. The Labute approximate surface area is 156 Å². The smallest absolute Gasteiger partial charge is 0.491 e. The van der Waals surface area contributed by atoms with Crippen molar-refractivity contribution in [3.8, 4) is 5.75 Å². The third-order valence-corrected chi connectivity index (χ3v) is 3.95. The molecule has 0 bridgehead atoms. The SMILES string of the molecule is C=C/C=C(\CC/C=C\C(C)c1ccc2c(c1)C(=O)NCCO2)OC(F)(F)F. The number of hydrogen-bond donors (Lipinski definition) is 1. The van der Waals surface area contributed by atoms with Crippen molar-refractivity contribution in [3.63, 3.8) is 0 Å². The van der Waals surface area contributed by atoms with E-state index in [1.807, 2.05) is 19.1 Å². The highest BCUT2D eigenvalue weighted by atomic mass is 19.4. The highest BCUT2D eigenvalue weighted by molar-refractivity contribution is 5.97. The van der Waals surface area contributed by atoms with Crippen LogP contribution in [-0.4, -0.2) is 25.4 Å². The average molecular weight is 381 g/mol. The van der Waals surface area contributed by atoms with E-state index in [9.17, 15) is 18.0 Å². The van der Waals surface area contributed by atoms with Gasteiger partial charge in [0.1, 0.15) is 18.1 Å². The van der Waals surface area contributed by atoms with Crippen LogP contribution in [0.5, 0.6) is 5.75 Å². The van der Waals surface area contributed by atoms with Crippen molar-refractivity contribution in [2.45, 2.75) is 32.0 Å².